The standard InChI is InChI=1S/C26H31N3O5S2/c1-2-33-25(30)20-9-7-19(8-10-20)18-35-26-27-23-16-22(36(31,32)28-13-3-4-14-28)11-12-24(23)29(26)17-21-6-5-15-34-21/h7-12,16,21H,2-6,13-15,17-18H2,1H3/t21-/m1/s1. The molecule has 0 unspecified atom stereocenters. The Morgan fingerprint density at radius 2 is 1.92 bits per heavy atom. The van der Waals surface area contributed by atoms with E-state index in [9.17, 15) is 13.2 Å². The highest BCUT2D eigenvalue weighted by molar-refractivity contribution is 7.98. The Bertz CT molecular complexity index is 1330. The summed E-state index contributed by atoms with van der Waals surface area (Å²) in [5, 5.41) is 0.825. The Morgan fingerprint density at radius 3 is 2.61 bits per heavy atom. The van der Waals surface area contributed by atoms with E-state index >= 15 is 0 Å². The molecule has 2 aromatic carbocycles. The number of nitrogens with zero attached hydrogens (tertiary/aromatic N) is 3. The van der Waals surface area contributed by atoms with Crippen LogP contribution in [0.15, 0.2) is 52.5 Å². The lowest BCUT2D eigenvalue weighted by atomic mass is 10.1. The average Bonchev–Trinajstić information content (AvgIpc) is 3.65. The lowest BCUT2D eigenvalue weighted by Crippen LogP contribution is -2.27. The fraction of sp³-hybridized carbons (Fsp3) is 0.462. The van der Waals surface area contributed by atoms with Crippen molar-refractivity contribution >= 4 is 38.8 Å². The van der Waals surface area contributed by atoms with Gasteiger partial charge < -0.3 is 14.0 Å². The third-order valence-electron chi connectivity index (χ3n) is 6.63. The minimum atomic E-state index is -3.51. The normalized spacial score (nSPS) is 18.8. The first kappa shape index (κ1) is 25.3. The summed E-state index contributed by atoms with van der Waals surface area (Å²) in [5.41, 5.74) is 3.17. The summed E-state index contributed by atoms with van der Waals surface area (Å²) in [6, 6.07) is 12.7. The van der Waals surface area contributed by atoms with Gasteiger partial charge in [-0.2, -0.15) is 4.31 Å². The molecule has 3 aromatic rings. The molecular formula is C26H31N3O5S2. The molecule has 1 atom stereocenters. The number of hydrogen-bond donors (Lipinski definition) is 0. The summed E-state index contributed by atoms with van der Waals surface area (Å²) in [5.74, 6) is 0.339. The zero-order valence-corrected chi connectivity index (χ0v) is 22.0. The Morgan fingerprint density at radius 1 is 1.14 bits per heavy atom. The lowest BCUT2D eigenvalue weighted by molar-refractivity contribution is 0.0526. The smallest absolute Gasteiger partial charge is 0.338 e. The van der Waals surface area contributed by atoms with Gasteiger partial charge in [0.25, 0.3) is 0 Å². The molecule has 0 spiro atoms. The van der Waals surface area contributed by atoms with Crippen molar-refractivity contribution in [2.24, 2.45) is 0 Å². The second-order valence-electron chi connectivity index (χ2n) is 9.11. The van der Waals surface area contributed by atoms with Crippen molar-refractivity contribution in [2.45, 2.75) is 61.1 Å². The summed E-state index contributed by atoms with van der Waals surface area (Å²) in [7, 11) is -3.51. The van der Waals surface area contributed by atoms with Crippen LogP contribution in [-0.2, 0) is 31.8 Å². The summed E-state index contributed by atoms with van der Waals surface area (Å²) < 4.78 is 40.9. The van der Waals surface area contributed by atoms with Gasteiger partial charge in [-0.1, -0.05) is 23.9 Å². The molecule has 2 aliphatic heterocycles. The number of esters is 1. The van der Waals surface area contributed by atoms with E-state index in [1.807, 2.05) is 18.2 Å². The van der Waals surface area contributed by atoms with E-state index in [2.05, 4.69) is 4.57 Å². The van der Waals surface area contributed by atoms with Gasteiger partial charge in [-0.15, -0.1) is 0 Å². The molecule has 0 aliphatic carbocycles. The van der Waals surface area contributed by atoms with Crippen LogP contribution in [0.4, 0.5) is 0 Å². The molecule has 0 amide bonds. The van der Waals surface area contributed by atoms with E-state index in [1.165, 1.54) is 0 Å². The number of aromatic nitrogens is 2. The number of imidazole rings is 1. The number of carbonyl (C=O) groups is 1. The van der Waals surface area contributed by atoms with E-state index in [0.717, 1.165) is 48.5 Å². The Labute approximate surface area is 216 Å². The zero-order valence-electron chi connectivity index (χ0n) is 20.4. The number of hydrogen-bond acceptors (Lipinski definition) is 7. The lowest BCUT2D eigenvalue weighted by Gasteiger charge is -2.16. The van der Waals surface area contributed by atoms with Crippen LogP contribution in [0.5, 0.6) is 0 Å². The van der Waals surface area contributed by atoms with E-state index < -0.39 is 10.0 Å². The van der Waals surface area contributed by atoms with E-state index in [0.29, 0.717) is 48.0 Å². The molecule has 10 heteroatoms. The maximum absolute atomic E-state index is 13.1. The summed E-state index contributed by atoms with van der Waals surface area (Å²) in [6.45, 7) is 4.73. The maximum Gasteiger partial charge on any atom is 0.338 e. The van der Waals surface area contributed by atoms with E-state index in [4.69, 9.17) is 14.5 Å². The van der Waals surface area contributed by atoms with Gasteiger partial charge in [-0.3, -0.25) is 0 Å². The Kier molecular flexibility index (Phi) is 7.66. The summed E-state index contributed by atoms with van der Waals surface area (Å²) >= 11 is 1.59. The van der Waals surface area contributed by atoms with Gasteiger partial charge in [-0.05, 0) is 68.5 Å². The van der Waals surface area contributed by atoms with Crippen LogP contribution in [0, 0.1) is 0 Å². The van der Waals surface area contributed by atoms with E-state index in [-0.39, 0.29) is 12.1 Å². The molecular weight excluding hydrogens is 498 g/mol. The number of rotatable bonds is 9. The minimum absolute atomic E-state index is 0.124. The van der Waals surface area contributed by atoms with Gasteiger partial charge in [0, 0.05) is 25.4 Å². The van der Waals surface area contributed by atoms with Crippen LogP contribution in [0.1, 0.15) is 48.5 Å². The number of sulfonamides is 1. The average molecular weight is 530 g/mol. The van der Waals surface area contributed by atoms with Gasteiger partial charge in [-0.25, -0.2) is 18.2 Å². The van der Waals surface area contributed by atoms with Crippen molar-refractivity contribution in [3.05, 3.63) is 53.6 Å². The molecule has 8 nitrogen and oxygen atoms in total. The van der Waals surface area contributed by atoms with Crippen LogP contribution in [-0.4, -0.2) is 60.7 Å². The van der Waals surface area contributed by atoms with Crippen molar-refractivity contribution in [2.75, 3.05) is 26.3 Å². The van der Waals surface area contributed by atoms with Crippen LogP contribution in [0.25, 0.3) is 11.0 Å². The fourth-order valence-electron chi connectivity index (χ4n) is 4.70. The molecule has 2 saturated heterocycles. The van der Waals surface area contributed by atoms with Crippen molar-refractivity contribution in [1.82, 2.24) is 13.9 Å². The van der Waals surface area contributed by atoms with Crippen molar-refractivity contribution in [1.29, 1.82) is 0 Å². The second kappa shape index (κ2) is 10.9. The van der Waals surface area contributed by atoms with Crippen LogP contribution >= 0.6 is 11.8 Å². The molecule has 2 fully saturated rings. The van der Waals surface area contributed by atoms with Gasteiger partial charge in [0.05, 0.1) is 40.7 Å². The predicted octanol–water partition coefficient (Wildman–Crippen LogP) is 4.47. The first-order valence-corrected chi connectivity index (χ1v) is 14.9. The molecule has 36 heavy (non-hydrogen) atoms. The van der Waals surface area contributed by atoms with Gasteiger partial charge in [0.1, 0.15) is 0 Å². The van der Waals surface area contributed by atoms with Crippen LogP contribution in [0.2, 0.25) is 0 Å². The van der Waals surface area contributed by atoms with Crippen molar-refractivity contribution in [3.8, 4) is 0 Å². The van der Waals surface area contributed by atoms with Crippen molar-refractivity contribution in [3.63, 3.8) is 0 Å². The summed E-state index contributed by atoms with van der Waals surface area (Å²) in [4.78, 5) is 17.1. The first-order valence-electron chi connectivity index (χ1n) is 12.5. The number of fused-ring (bicyclic) bond motifs is 1. The molecule has 1 aromatic heterocycles. The maximum atomic E-state index is 13.1. The van der Waals surface area contributed by atoms with Crippen LogP contribution < -0.4 is 0 Å². The first-order chi connectivity index (χ1) is 17.5. The fourth-order valence-corrected chi connectivity index (χ4v) is 7.22. The highest BCUT2D eigenvalue weighted by Crippen LogP contribution is 2.31. The molecule has 192 valence electrons. The SMILES string of the molecule is CCOC(=O)c1ccc(CSc2nc3cc(S(=O)(=O)N4CCCC4)ccc3n2C[C@H]2CCCO2)cc1. The minimum Gasteiger partial charge on any atom is -0.462 e. The Balaban J connectivity index is 1.41. The largest absolute Gasteiger partial charge is 0.462 e. The number of thioether (sulfide) groups is 1. The molecule has 2 aliphatic rings. The molecule has 3 heterocycles. The van der Waals surface area contributed by atoms with E-state index in [1.54, 1.807) is 47.3 Å². The zero-order chi connectivity index (χ0) is 25.1. The van der Waals surface area contributed by atoms with Crippen molar-refractivity contribution < 1.29 is 22.7 Å². The quantitative estimate of drug-likeness (QED) is 0.298. The Hall–Kier alpha value is -2.40. The molecule has 0 radical (unpaired) electrons. The predicted molar refractivity (Wildman–Crippen MR) is 139 cm³/mol. The number of benzene rings is 2. The van der Waals surface area contributed by atoms with Gasteiger partial charge in [0.15, 0.2) is 5.16 Å². The third-order valence-corrected chi connectivity index (χ3v) is 9.57. The summed E-state index contributed by atoms with van der Waals surface area (Å²) in [6.07, 6.45) is 3.97. The number of ether oxygens (including phenoxy) is 2. The molecule has 0 saturated carbocycles. The third kappa shape index (κ3) is 5.32. The second-order valence-corrected chi connectivity index (χ2v) is 12.0. The highest BCUT2D eigenvalue weighted by atomic mass is 32.2. The van der Waals surface area contributed by atoms with Gasteiger partial charge >= 0.3 is 5.97 Å². The molecule has 5 rings (SSSR count). The number of carbonyl (C=O) groups excluding carboxylic acids is 1. The molecule has 0 N–H and O–H groups in total. The van der Waals surface area contributed by atoms with Crippen LogP contribution in [0.3, 0.4) is 0 Å². The highest BCUT2D eigenvalue weighted by Gasteiger charge is 2.28. The molecule has 0 bridgehead atoms. The van der Waals surface area contributed by atoms with Gasteiger partial charge in [0.2, 0.25) is 10.0 Å². The topological polar surface area (TPSA) is 90.7 Å². The monoisotopic (exact) mass is 529 g/mol.